The molecule has 7 aromatic carbocycles. The van der Waals surface area contributed by atoms with E-state index in [0.29, 0.717) is 0 Å². The van der Waals surface area contributed by atoms with Crippen LogP contribution in [0.5, 0.6) is 0 Å². The Balaban J connectivity index is 1.32. The molecule has 1 aliphatic heterocycles. The van der Waals surface area contributed by atoms with Crippen LogP contribution in [0.4, 0.5) is 17.1 Å². The molecule has 0 amide bonds. The molecular formula is C44H30N2O2S2. The summed E-state index contributed by atoms with van der Waals surface area (Å²) in [5, 5.41) is 3.41. The summed E-state index contributed by atoms with van der Waals surface area (Å²) < 4.78 is 26.9. The van der Waals surface area contributed by atoms with Crippen molar-refractivity contribution in [2.45, 2.75) is 26.5 Å². The van der Waals surface area contributed by atoms with Crippen molar-refractivity contribution in [3.05, 3.63) is 169 Å². The SMILES string of the molecule is Cc1ccc(N2c3ccccc3Sc3ccccc32)c2nc(-c3ccc(S(=O)(=O)c4ccccc4)cc3)cc(-c3cccc4ccccc34)c12. The van der Waals surface area contributed by atoms with E-state index in [1.165, 1.54) is 9.79 Å². The Labute approximate surface area is 295 Å². The van der Waals surface area contributed by atoms with Crippen LogP contribution in [0.1, 0.15) is 5.56 Å². The smallest absolute Gasteiger partial charge is 0.206 e. The van der Waals surface area contributed by atoms with E-state index in [1.807, 2.05) is 18.2 Å². The molecule has 8 aromatic rings. The summed E-state index contributed by atoms with van der Waals surface area (Å²) in [6, 6.07) is 54.2. The van der Waals surface area contributed by atoms with Crippen molar-refractivity contribution in [3.8, 4) is 22.4 Å². The molecule has 0 saturated heterocycles. The van der Waals surface area contributed by atoms with Gasteiger partial charge in [0.25, 0.3) is 0 Å². The highest BCUT2D eigenvalue weighted by Crippen LogP contribution is 2.53. The molecule has 0 aliphatic carbocycles. The van der Waals surface area contributed by atoms with Crippen LogP contribution >= 0.6 is 11.8 Å². The van der Waals surface area contributed by atoms with Gasteiger partial charge in [-0.25, -0.2) is 13.4 Å². The lowest BCUT2D eigenvalue weighted by Gasteiger charge is -2.33. The number of hydrogen-bond acceptors (Lipinski definition) is 5. The van der Waals surface area contributed by atoms with Gasteiger partial charge >= 0.3 is 0 Å². The van der Waals surface area contributed by atoms with Gasteiger partial charge in [-0.1, -0.05) is 115 Å². The van der Waals surface area contributed by atoms with Crippen molar-refractivity contribution < 1.29 is 8.42 Å². The number of sulfone groups is 1. The minimum atomic E-state index is -3.66. The second-order valence-electron chi connectivity index (χ2n) is 12.4. The van der Waals surface area contributed by atoms with E-state index in [4.69, 9.17) is 4.98 Å². The van der Waals surface area contributed by atoms with Gasteiger partial charge in [0.05, 0.1) is 38.1 Å². The standard InChI is InChI=1S/C44H30N2O2S2/c1-29-22-27-40(46-38-18-7-9-20-41(38)49-42-21-10-8-19-39(42)46)44-43(29)36(35-17-11-13-30-12-5-6-16-34(30)35)28-37(45-44)31-23-25-33(26-24-31)50(47,48)32-14-3-2-4-15-32/h2-28H,1H3. The molecule has 0 unspecified atom stereocenters. The molecule has 0 atom stereocenters. The summed E-state index contributed by atoms with van der Waals surface area (Å²) in [4.78, 5) is 10.7. The minimum absolute atomic E-state index is 0.248. The molecule has 2 heterocycles. The fraction of sp³-hybridized carbons (Fsp3) is 0.0227. The lowest BCUT2D eigenvalue weighted by atomic mass is 9.91. The summed E-state index contributed by atoms with van der Waals surface area (Å²) in [5.74, 6) is 0. The highest BCUT2D eigenvalue weighted by atomic mass is 32.2. The first kappa shape index (κ1) is 30.4. The first-order valence-electron chi connectivity index (χ1n) is 16.5. The van der Waals surface area contributed by atoms with Gasteiger partial charge < -0.3 is 4.90 Å². The fourth-order valence-electron chi connectivity index (χ4n) is 7.00. The van der Waals surface area contributed by atoms with Crippen LogP contribution in [0, 0.1) is 6.92 Å². The predicted octanol–water partition coefficient (Wildman–Crippen LogP) is 11.8. The Morgan fingerprint density at radius 1 is 0.560 bits per heavy atom. The van der Waals surface area contributed by atoms with E-state index in [-0.39, 0.29) is 9.79 Å². The Bertz CT molecular complexity index is 2660. The molecule has 9 rings (SSSR count). The second-order valence-corrected chi connectivity index (χ2v) is 15.5. The van der Waals surface area contributed by atoms with Gasteiger partial charge in [0.2, 0.25) is 9.84 Å². The molecule has 240 valence electrons. The van der Waals surface area contributed by atoms with Crippen LogP contribution in [0.2, 0.25) is 0 Å². The average Bonchev–Trinajstić information content (AvgIpc) is 3.17. The predicted molar refractivity (Wildman–Crippen MR) is 206 cm³/mol. The maximum atomic E-state index is 13.5. The van der Waals surface area contributed by atoms with Gasteiger partial charge in [0.1, 0.15) is 0 Å². The van der Waals surface area contributed by atoms with Crippen LogP contribution in [0.25, 0.3) is 44.1 Å². The largest absolute Gasteiger partial charge is 0.306 e. The Morgan fingerprint density at radius 2 is 1.18 bits per heavy atom. The number of anilines is 3. The number of nitrogens with zero attached hydrogens (tertiary/aromatic N) is 2. The topological polar surface area (TPSA) is 50.3 Å². The first-order valence-corrected chi connectivity index (χ1v) is 18.8. The van der Waals surface area contributed by atoms with Gasteiger partial charge in [0.15, 0.2) is 0 Å². The van der Waals surface area contributed by atoms with Crippen molar-refractivity contribution in [1.82, 2.24) is 4.98 Å². The second kappa shape index (κ2) is 12.0. The maximum Gasteiger partial charge on any atom is 0.206 e. The van der Waals surface area contributed by atoms with Crippen molar-refractivity contribution >= 4 is 60.3 Å². The summed E-state index contributed by atoms with van der Waals surface area (Å²) in [5.41, 5.74) is 9.01. The monoisotopic (exact) mass is 682 g/mol. The average molecular weight is 683 g/mol. The van der Waals surface area contributed by atoms with Crippen molar-refractivity contribution in [2.24, 2.45) is 0 Å². The quantitative estimate of drug-likeness (QED) is 0.181. The van der Waals surface area contributed by atoms with Crippen molar-refractivity contribution in [3.63, 3.8) is 0 Å². The third-order valence-electron chi connectivity index (χ3n) is 9.41. The molecule has 4 nitrogen and oxygen atoms in total. The summed E-state index contributed by atoms with van der Waals surface area (Å²) >= 11 is 1.78. The van der Waals surface area contributed by atoms with Gasteiger partial charge in [0, 0.05) is 20.7 Å². The zero-order valence-electron chi connectivity index (χ0n) is 27.1. The summed E-state index contributed by atoms with van der Waals surface area (Å²) in [6.45, 7) is 2.15. The number of pyridine rings is 1. The molecule has 6 heteroatoms. The Hall–Kier alpha value is -5.69. The summed E-state index contributed by atoms with van der Waals surface area (Å²) in [7, 11) is -3.66. The molecule has 0 fully saturated rings. The number of aryl methyl sites for hydroxylation is 1. The lowest BCUT2D eigenvalue weighted by molar-refractivity contribution is 0.596. The number of fused-ring (bicyclic) bond motifs is 4. The lowest BCUT2D eigenvalue weighted by Crippen LogP contribution is -2.15. The molecular weight excluding hydrogens is 653 g/mol. The van der Waals surface area contributed by atoms with Crippen LogP contribution < -0.4 is 4.90 Å². The third-order valence-corrected chi connectivity index (χ3v) is 12.3. The molecule has 1 aliphatic rings. The van der Waals surface area contributed by atoms with E-state index < -0.39 is 9.84 Å². The van der Waals surface area contributed by atoms with Crippen LogP contribution in [-0.4, -0.2) is 13.4 Å². The zero-order chi connectivity index (χ0) is 33.8. The minimum Gasteiger partial charge on any atom is -0.306 e. The number of para-hydroxylation sites is 2. The Kier molecular flexibility index (Phi) is 7.30. The van der Waals surface area contributed by atoms with E-state index >= 15 is 0 Å². The summed E-state index contributed by atoms with van der Waals surface area (Å²) in [6.07, 6.45) is 0. The third kappa shape index (κ3) is 4.99. The van der Waals surface area contributed by atoms with Crippen LogP contribution in [-0.2, 0) is 9.84 Å². The van der Waals surface area contributed by atoms with E-state index in [0.717, 1.165) is 66.7 Å². The molecule has 0 saturated carbocycles. The highest BCUT2D eigenvalue weighted by molar-refractivity contribution is 7.99. The van der Waals surface area contributed by atoms with Gasteiger partial charge in [-0.3, -0.25) is 0 Å². The molecule has 0 N–H and O–H groups in total. The number of aromatic nitrogens is 1. The molecule has 1 aromatic heterocycles. The number of hydrogen-bond donors (Lipinski definition) is 0. The van der Waals surface area contributed by atoms with Gasteiger partial charge in [-0.05, 0) is 95.1 Å². The highest BCUT2D eigenvalue weighted by Gasteiger charge is 2.27. The van der Waals surface area contributed by atoms with E-state index in [2.05, 4.69) is 121 Å². The van der Waals surface area contributed by atoms with Crippen LogP contribution in [0.3, 0.4) is 0 Å². The molecule has 0 bridgehead atoms. The number of rotatable bonds is 5. The van der Waals surface area contributed by atoms with Crippen molar-refractivity contribution in [1.29, 1.82) is 0 Å². The fourth-order valence-corrected chi connectivity index (χ4v) is 9.34. The van der Waals surface area contributed by atoms with Gasteiger partial charge in [-0.2, -0.15) is 0 Å². The van der Waals surface area contributed by atoms with Crippen LogP contribution in [0.15, 0.2) is 183 Å². The number of benzene rings is 7. The first-order chi connectivity index (χ1) is 24.5. The Morgan fingerprint density at radius 3 is 1.92 bits per heavy atom. The molecule has 50 heavy (non-hydrogen) atoms. The normalized spacial score (nSPS) is 12.5. The van der Waals surface area contributed by atoms with Crippen molar-refractivity contribution in [2.75, 3.05) is 4.90 Å². The zero-order valence-corrected chi connectivity index (χ0v) is 28.7. The van der Waals surface area contributed by atoms with Gasteiger partial charge in [-0.15, -0.1) is 0 Å². The van der Waals surface area contributed by atoms with E-state index in [9.17, 15) is 8.42 Å². The maximum absolute atomic E-state index is 13.5. The molecule has 0 spiro atoms. The van der Waals surface area contributed by atoms with E-state index in [1.54, 1.807) is 48.2 Å². The molecule has 0 radical (unpaired) electrons.